The van der Waals surface area contributed by atoms with E-state index in [4.69, 9.17) is 15.2 Å². The van der Waals surface area contributed by atoms with Crippen molar-refractivity contribution in [1.29, 1.82) is 0 Å². The zero-order valence-electron chi connectivity index (χ0n) is 11.6. The van der Waals surface area contributed by atoms with Crippen LogP contribution in [0.5, 0.6) is 5.75 Å². The number of urea groups is 1. The average molecular weight is 299 g/mol. The molecule has 0 saturated carbocycles. The van der Waals surface area contributed by atoms with Crippen molar-refractivity contribution in [3.05, 3.63) is 29.6 Å². The van der Waals surface area contributed by atoms with Gasteiger partial charge in [0.2, 0.25) is 0 Å². The van der Waals surface area contributed by atoms with E-state index in [0.717, 1.165) is 6.07 Å². The molecule has 116 valence electrons. The van der Waals surface area contributed by atoms with Gasteiger partial charge in [-0.1, -0.05) is 0 Å². The normalized spacial score (nSPS) is 10.2. The number of carbonyl (C=O) groups is 2. The van der Waals surface area contributed by atoms with Gasteiger partial charge in [-0.2, -0.15) is 0 Å². The second kappa shape index (κ2) is 8.88. The van der Waals surface area contributed by atoms with E-state index in [1.165, 1.54) is 6.07 Å². The second-order valence-corrected chi connectivity index (χ2v) is 4.17. The minimum absolute atomic E-state index is 0.193. The summed E-state index contributed by atoms with van der Waals surface area (Å²) in [5.74, 6) is -0.990. The van der Waals surface area contributed by atoms with Crippen molar-refractivity contribution < 1.29 is 23.5 Å². The summed E-state index contributed by atoms with van der Waals surface area (Å²) in [6.07, 6.45) is 0. The SMILES string of the molecule is COCCNCc1cc(F)cc(OCC(=O)NC(N)=O)c1. The molecule has 7 nitrogen and oxygen atoms in total. The molecule has 1 aromatic rings. The van der Waals surface area contributed by atoms with Crippen LogP contribution in [0.4, 0.5) is 9.18 Å². The zero-order valence-corrected chi connectivity index (χ0v) is 11.6. The van der Waals surface area contributed by atoms with Crippen LogP contribution in [0.3, 0.4) is 0 Å². The molecule has 0 bridgehead atoms. The van der Waals surface area contributed by atoms with Gasteiger partial charge >= 0.3 is 6.03 Å². The monoisotopic (exact) mass is 299 g/mol. The van der Waals surface area contributed by atoms with Gasteiger partial charge in [-0.15, -0.1) is 0 Å². The molecule has 0 aliphatic carbocycles. The standard InChI is InChI=1S/C13H18FN3O4/c1-20-3-2-16-7-9-4-10(14)6-11(5-9)21-8-12(18)17-13(15)19/h4-6,16H,2-3,7-8H2,1H3,(H3,15,17,18,19). The predicted octanol–water partition coefficient (Wildman–Crippen LogP) is 0.135. The Labute approximate surface area is 121 Å². The minimum Gasteiger partial charge on any atom is -0.484 e. The van der Waals surface area contributed by atoms with Gasteiger partial charge in [0, 0.05) is 26.3 Å². The van der Waals surface area contributed by atoms with Crippen LogP contribution in [0, 0.1) is 5.82 Å². The maximum atomic E-state index is 13.4. The number of methoxy groups -OCH3 is 1. The van der Waals surface area contributed by atoms with Crippen molar-refractivity contribution in [3.8, 4) is 5.75 Å². The van der Waals surface area contributed by atoms with Crippen LogP contribution in [0.1, 0.15) is 5.56 Å². The highest BCUT2D eigenvalue weighted by Gasteiger charge is 2.07. The summed E-state index contributed by atoms with van der Waals surface area (Å²) >= 11 is 0. The number of rotatable bonds is 8. The first kappa shape index (κ1) is 16.9. The van der Waals surface area contributed by atoms with Crippen LogP contribution in [0.2, 0.25) is 0 Å². The zero-order chi connectivity index (χ0) is 15.7. The van der Waals surface area contributed by atoms with E-state index < -0.39 is 24.4 Å². The molecule has 3 amide bonds. The first-order chi connectivity index (χ1) is 10.0. The summed E-state index contributed by atoms with van der Waals surface area (Å²) in [5.41, 5.74) is 5.45. The van der Waals surface area contributed by atoms with E-state index in [-0.39, 0.29) is 5.75 Å². The lowest BCUT2D eigenvalue weighted by Crippen LogP contribution is -2.38. The lowest BCUT2D eigenvalue weighted by molar-refractivity contribution is -0.121. The fraction of sp³-hybridized carbons (Fsp3) is 0.385. The molecule has 0 radical (unpaired) electrons. The van der Waals surface area contributed by atoms with E-state index in [2.05, 4.69) is 5.32 Å². The Kier molecular flexibility index (Phi) is 7.13. The van der Waals surface area contributed by atoms with Crippen molar-refractivity contribution in [2.45, 2.75) is 6.54 Å². The molecule has 0 unspecified atom stereocenters. The predicted molar refractivity (Wildman–Crippen MR) is 73.2 cm³/mol. The number of imide groups is 1. The molecule has 0 aliphatic heterocycles. The third kappa shape index (κ3) is 7.23. The van der Waals surface area contributed by atoms with Crippen LogP contribution < -0.4 is 21.1 Å². The van der Waals surface area contributed by atoms with Crippen LogP contribution in [-0.4, -0.2) is 38.8 Å². The number of ether oxygens (including phenoxy) is 2. The molecule has 21 heavy (non-hydrogen) atoms. The largest absolute Gasteiger partial charge is 0.484 e. The number of benzene rings is 1. The highest BCUT2D eigenvalue weighted by molar-refractivity contribution is 5.94. The van der Waals surface area contributed by atoms with E-state index in [9.17, 15) is 14.0 Å². The third-order valence-electron chi connectivity index (χ3n) is 2.38. The Bertz CT molecular complexity index is 496. The first-order valence-electron chi connectivity index (χ1n) is 6.22. The Morgan fingerprint density at radius 2 is 2.10 bits per heavy atom. The number of carbonyl (C=O) groups excluding carboxylic acids is 2. The van der Waals surface area contributed by atoms with Crippen LogP contribution >= 0.6 is 0 Å². The number of hydrogen-bond donors (Lipinski definition) is 3. The van der Waals surface area contributed by atoms with Gasteiger partial charge in [-0.3, -0.25) is 10.1 Å². The number of nitrogens with one attached hydrogen (secondary N) is 2. The van der Waals surface area contributed by atoms with Gasteiger partial charge in [0.05, 0.1) is 6.61 Å². The number of amides is 3. The Morgan fingerprint density at radius 3 is 2.76 bits per heavy atom. The summed E-state index contributed by atoms with van der Waals surface area (Å²) < 4.78 is 23.4. The van der Waals surface area contributed by atoms with E-state index in [0.29, 0.717) is 25.3 Å². The number of hydrogen-bond acceptors (Lipinski definition) is 5. The highest BCUT2D eigenvalue weighted by atomic mass is 19.1. The summed E-state index contributed by atoms with van der Waals surface area (Å²) in [7, 11) is 1.59. The Balaban J connectivity index is 2.52. The second-order valence-electron chi connectivity index (χ2n) is 4.17. The van der Waals surface area contributed by atoms with Gasteiger partial charge in [0.25, 0.3) is 5.91 Å². The van der Waals surface area contributed by atoms with Gasteiger partial charge in [0.15, 0.2) is 6.61 Å². The lowest BCUT2D eigenvalue weighted by Gasteiger charge is -2.09. The average Bonchev–Trinajstić information content (AvgIpc) is 2.40. The summed E-state index contributed by atoms with van der Waals surface area (Å²) in [6, 6.07) is 3.14. The molecule has 0 heterocycles. The van der Waals surface area contributed by atoms with Gasteiger partial charge in [-0.25, -0.2) is 9.18 Å². The molecule has 0 aliphatic rings. The summed E-state index contributed by atoms with van der Waals surface area (Å²) in [5, 5.41) is 4.91. The molecular formula is C13H18FN3O4. The smallest absolute Gasteiger partial charge is 0.318 e. The van der Waals surface area contributed by atoms with Crippen molar-refractivity contribution >= 4 is 11.9 Å². The molecular weight excluding hydrogens is 281 g/mol. The topological polar surface area (TPSA) is 103 Å². The van der Waals surface area contributed by atoms with Crippen molar-refractivity contribution in [3.63, 3.8) is 0 Å². The molecule has 0 spiro atoms. The third-order valence-corrected chi connectivity index (χ3v) is 2.38. The Hall–Kier alpha value is -2.19. The number of halogens is 1. The number of nitrogens with two attached hydrogens (primary N) is 1. The molecule has 0 atom stereocenters. The maximum absolute atomic E-state index is 13.4. The minimum atomic E-state index is -0.967. The van der Waals surface area contributed by atoms with Crippen molar-refractivity contribution in [1.82, 2.24) is 10.6 Å². The fourth-order valence-electron chi connectivity index (χ4n) is 1.54. The van der Waals surface area contributed by atoms with Gasteiger partial charge in [-0.05, 0) is 17.7 Å². The molecule has 1 rings (SSSR count). The van der Waals surface area contributed by atoms with Gasteiger partial charge < -0.3 is 20.5 Å². The summed E-state index contributed by atoms with van der Waals surface area (Å²) in [6.45, 7) is 1.18. The molecule has 0 fully saturated rings. The molecule has 0 saturated heterocycles. The molecule has 0 aromatic heterocycles. The molecule has 1 aromatic carbocycles. The molecule has 8 heteroatoms. The van der Waals surface area contributed by atoms with Crippen LogP contribution in [-0.2, 0) is 16.1 Å². The van der Waals surface area contributed by atoms with Crippen LogP contribution in [0.25, 0.3) is 0 Å². The maximum Gasteiger partial charge on any atom is 0.318 e. The van der Waals surface area contributed by atoms with Gasteiger partial charge in [0.1, 0.15) is 11.6 Å². The number of primary amides is 1. The molecule has 4 N–H and O–H groups in total. The van der Waals surface area contributed by atoms with E-state index in [1.54, 1.807) is 13.2 Å². The highest BCUT2D eigenvalue weighted by Crippen LogP contribution is 2.16. The lowest BCUT2D eigenvalue weighted by atomic mass is 10.2. The Morgan fingerprint density at radius 1 is 1.33 bits per heavy atom. The van der Waals surface area contributed by atoms with Crippen molar-refractivity contribution in [2.24, 2.45) is 5.73 Å². The van der Waals surface area contributed by atoms with Crippen molar-refractivity contribution in [2.75, 3.05) is 26.9 Å². The van der Waals surface area contributed by atoms with E-state index >= 15 is 0 Å². The fourth-order valence-corrected chi connectivity index (χ4v) is 1.54. The quantitative estimate of drug-likeness (QED) is 0.592. The van der Waals surface area contributed by atoms with E-state index in [1.807, 2.05) is 5.32 Å². The first-order valence-corrected chi connectivity index (χ1v) is 6.22. The van der Waals surface area contributed by atoms with Crippen LogP contribution in [0.15, 0.2) is 18.2 Å². The summed E-state index contributed by atoms with van der Waals surface area (Å²) in [4.78, 5) is 21.6.